The first-order chi connectivity index (χ1) is 9.18. The van der Waals surface area contributed by atoms with Crippen LogP contribution in [0, 0.1) is 5.41 Å². The summed E-state index contributed by atoms with van der Waals surface area (Å²) in [6, 6.07) is 0. The third-order valence-corrected chi connectivity index (χ3v) is 4.01. The Morgan fingerprint density at radius 3 is 2.70 bits per heavy atom. The van der Waals surface area contributed by atoms with Crippen LogP contribution < -0.4 is 0 Å². The second-order valence-corrected chi connectivity index (χ2v) is 5.16. The molecule has 6 atom stereocenters. The molecule has 9 heteroatoms. The second kappa shape index (κ2) is 3.84. The monoisotopic (exact) mass is 298 g/mol. The molecule has 3 heterocycles. The minimum atomic E-state index is -4.80. The molecule has 0 saturated carbocycles. The molecule has 5 nitrogen and oxygen atoms in total. The van der Waals surface area contributed by atoms with E-state index in [1.807, 2.05) is 0 Å². The van der Waals surface area contributed by atoms with Crippen molar-refractivity contribution in [2.75, 3.05) is 0 Å². The van der Waals surface area contributed by atoms with E-state index in [9.17, 15) is 27.2 Å². The summed E-state index contributed by atoms with van der Waals surface area (Å²) in [5.41, 5.74) is -2.69. The van der Waals surface area contributed by atoms with Gasteiger partial charge in [0.15, 0.2) is 23.8 Å². The van der Waals surface area contributed by atoms with E-state index in [1.165, 1.54) is 0 Å². The summed E-state index contributed by atoms with van der Waals surface area (Å²) in [4.78, 5) is 22.8. The van der Waals surface area contributed by atoms with E-state index in [2.05, 4.69) is 4.74 Å². The van der Waals surface area contributed by atoms with Gasteiger partial charge in [0.2, 0.25) is 0 Å². The summed E-state index contributed by atoms with van der Waals surface area (Å²) in [7, 11) is 0. The molecule has 3 fully saturated rings. The first-order valence-corrected chi connectivity index (χ1v) is 5.96. The number of carbonyl (C=O) groups excluding carboxylic acids is 2. The number of ether oxygens (including phenoxy) is 3. The fraction of sp³-hybridized carbons (Fsp3) is 0.818. The average Bonchev–Trinajstić information content (AvgIpc) is 2.89. The molecule has 3 saturated heterocycles. The first kappa shape index (κ1) is 13.6. The number of fused-ring (bicyclic) bond motifs is 1. The highest BCUT2D eigenvalue weighted by Crippen LogP contribution is 2.61. The van der Waals surface area contributed by atoms with E-state index >= 15 is 0 Å². The maximum absolute atomic E-state index is 13.1. The lowest BCUT2D eigenvalue weighted by Crippen LogP contribution is -2.52. The molecule has 0 amide bonds. The van der Waals surface area contributed by atoms with Crippen molar-refractivity contribution in [3.05, 3.63) is 0 Å². The average molecular weight is 298 g/mol. The van der Waals surface area contributed by atoms with Crippen LogP contribution in [0.15, 0.2) is 0 Å². The molecule has 3 aliphatic rings. The lowest BCUT2D eigenvalue weighted by Gasteiger charge is -2.30. The Bertz CT molecular complexity index is 476. The number of halogens is 4. The van der Waals surface area contributed by atoms with Crippen LogP contribution in [0.5, 0.6) is 0 Å². The summed E-state index contributed by atoms with van der Waals surface area (Å²) < 4.78 is 66.7. The minimum absolute atomic E-state index is 0.672. The van der Waals surface area contributed by atoms with Gasteiger partial charge in [0, 0.05) is 6.42 Å². The summed E-state index contributed by atoms with van der Waals surface area (Å²) in [6.45, 7) is 0.942. The van der Waals surface area contributed by atoms with Crippen LogP contribution in [0.4, 0.5) is 17.6 Å². The first-order valence-electron chi connectivity index (χ1n) is 5.96. The maximum Gasteiger partial charge on any atom is 0.407 e. The summed E-state index contributed by atoms with van der Waals surface area (Å²) in [5, 5.41) is 0. The molecule has 0 radical (unpaired) electrons. The van der Waals surface area contributed by atoms with Crippen LogP contribution in [0.25, 0.3) is 0 Å². The third-order valence-electron chi connectivity index (χ3n) is 4.01. The molecule has 0 aromatic carbocycles. The zero-order valence-electron chi connectivity index (χ0n) is 10.1. The molecule has 0 aliphatic carbocycles. The van der Waals surface area contributed by atoms with Crippen molar-refractivity contribution in [2.24, 2.45) is 5.41 Å². The summed E-state index contributed by atoms with van der Waals surface area (Å²) in [5.74, 6) is -2.64. The minimum Gasteiger partial charge on any atom is -0.455 e. The highest BCUT2D eigenvalue weighted by Gasteiger charge is 2.82. The Morgan fingerprint density at radius 2 is 2.15 bits per heavy atom. The number of hydrogen-bond donors (Lipinski definition) is 0. The van der Waals surface area contributed by atoms with Crippen LogP contribution in [-0.2, 0) is 23.8 Å². The van der Waals surface area contributed by atoms with E-state index in [4.69, 9.17) is 9.47 Å². The standard InChI is InChI=1S/C11H10F4O5/c1-3(12)8(16)19-5-4-2-10(11(13,14)15)7(18-4)6(5)20-9(10)17/h3-7H,2H2,1H3. The van der Waals surface area contributed by atoms with Crippen molar-refractivity contribution < 1.29 is 41.4 Å². The van der Waals surface area contributed by atoms with Crippen LogP contribution >= 0.6 is 0 Å². The number of alkyl halides is 4. The van der Waals surface area contributed by atoms with Gasteiger partial charge >= 0.3 is 18.1 Å². The van der Waals surface area contributed by atoms with Crippen molar-refractivity contribution in [1.82, 2.24) is 0 Å². The Morgan fingerprint density at radius 1 is 1.50 bits per heavy atom. The quantitative estimate of drug-likeness (QED) is 0.560. The Labute approximate surface area is 110 Å². The predicted octanol–water partition coefficient (Wildman–Crippen LogP) is 0.901. The van der Waals surface area contributed by atoms with Crippen molar-refractivity contribution in [1.29, 1.82) is 0 Å². The number of hydrogen-bond acceptors (Lipinski definition) is 5. The van der Waals surface area contributed by atoms with Gasteiger partial charge in [0.05, 0.1) is 0 Å². The fourth-order valence-electron chi connectivity index (χ4n) is 3.04. The topological polar surface area (TPSA) is 61.8 Å². The maximum atomic E-state index is 13.1. The molecule has 0 spiro atoms. The highest BCUT2D eigenvalue weighted by molar-refractivity contribution is 5.83. The Balaban J connectivity index is 1.86. The van der Waals surface area contributed by atoms with E-state index in [0.717, 1.165) is 6.92 Å². The van der Waals surface area contributed by atoms with Gasteiger partial charge in [-0.15, -0.1) is 0 Å². The van der Waals surface area contributed by atoms with Gasteiger partial charge in [-0.3, -0.25) is 4.79 Å². The van der Waals surface area contributed by atoms with Crippen molar-refractivity contribution in [2.45, 2.75) is 50.1 Å². The highest BCUT2D eigenvalue weighted by atomic mass is 19.4. The van der Waals surface area contributed by atoms with E-state index in [1.54, 1.807) is 0 Å². The molecule has 20 heavy (non-hydrogen) atoms. The van der Waals surface area contributed by atoms with E-state index in [-0.39, 0.29) is 0 Å². The Hall–Kier alpha value is -1.38. The van der Waals surface area contributed by atoms with Crippen LogP contribution in [-0.4, -0.2) is 48.7 Å². The summed E-state index contributed by atoms with van der Waals surface area (Å²) >= 11 is 0. The van der Waals surface area contributed by atoms with E-state index < -0.39 is 60.5 Å². The molecular formula is C11H10F4O5. The van der Waals surface area contributed by atoms with Crippen molar-refractivity contribution in [3.8, 4) is 0 Å². The Kier molecular flexibility index (Phi) is 2.61. The summed E-state index contributed by atoms with van der Waals surface area (Å²) in [6.07, 6.45) is -12.6. The lowest BCUT2D eigenvalue weighted by atomic mass is 9.73. The normalized spacial score (nSPS) is 43.5. The van der Waals surface area contributed by atoms with Gasteiger partial charge < -0.3 is 14.2 Å². The van der Waals surface area contributed by atoms with Gasteiger partial charge in [-0.2, -0.15) is 13.2 Å². The van der Waals surface area contributed by atoms with Gasteiger partial charge in [-0.25, -0.2) is 9.18 Å². The molecular weight excluding hydrogens is 288 g/mol. The van der Waals surface area contributed by atoms with E-state index in [0.29, 0.717) is 0 Å². The fourth-order valence-corrected chi connectivity index (χ4v) is 3.04. The van der Waals surface area contributed by atoms with Crippen LogP contribution in [0.3, 0.4) is 0 Å². The van der Waals surface area contributed by atoms with Crippen molar-refractivity contribution >= 4 is 11.9 Å². The van der Waals surface area contributed by atoms with Gasteiger partial charge in [-0.1, -0.05) is 0 Å². The van der Waals surface area contributed by atoms with Crippen molar-refractivity contribution in [3.63, 3.8) is 0 Å². The zero-order chi connectivity index (χ0) is 14.9. The molecule has 3 rings (SSSR count). The number of carbonyl (C=O) groups is 2. The number of rotatable bonds is 2. The number of esters is 2. The third kappa shape index (κ3) is 1.46. The predicted molar refractivity (Wildman–Crippen MR) is 52.1 cm³/mol. The molecule has 0 aromatic heterocycles. The largest absolute Gasteiger partial charge is 0.455 e. The zero-order valence-corrected chi connectivity index (χ0v) is 10.1. The van der Waals surface area contributed by atoms with Crippen LogP contribution in [0.1, 0.15) is 13.3 Å². The molecule has 112 valence electrons. The lowest BCUT2D eigenvalue weighted by molar-refractivity contribution is -0.228. The molecule has 3 aliphatic heterocycles. The van der Waals surface area contributed by atoms with Crippen LogP contribution in [0.2, 0.25) is 0 Å². The molecule has 0 aromatic rings. The molecule has 0 N–H and O–H groups in total. The van der Waals surface area contributed by atoms with Gasteiger partial charge in [-0.05, 0) is 6.92 Å². The SMILES string of the molecule is CC(F)C(=O)OC1C2CC3(C(F)(F)F)C(=O)OC1C3O2. The second-order valence-electron chi connectivity index (χ2n) is 5.16. The molecule has 6 unspecified atom stereocenters. The molecule has 2 bridgehead atoms. The van der Waals surface area contributed by atoms with Gasteiger partial charge in [0.25, 0.3) is 0 Å². The smallest absolute Gasteiger partial charge is 0.407 e. The van der Waals surface area contributed by atoms with Gasteiger partial charge in [0.1, 0.15) is 12.2 Å².